The van der Waals surface area contributed by atoms with Gasteiger partial charge in [0.25, 0.3) is 11.8 Å². The zero-order chi connectivity index (χ0) is 19.6. The van der Waals surface area contributed by atoms with Gasteiger partial charge in [-0.3, -0.25) is 14.9 Å². The lowest BCUT2D eigenvalue weighted by molar-refractivity contribution is -0.122. The second kappa shape index (κ2) is 7.59. The van der Waals surface area contributed by atoms with Crippen molar-refractivity contribution in [2.75, 3.05) is 11.5 Å². The number of rotatable bonds is 4. The minimum Gasteiger partial charge on any atom is -0.492 e. The highest BCUT2D eigenvalue weighted by Crippen LogP contribution is 2.28. The second-order valence-corrected chi connectivity index (χ2v) is 5.94. The van der Waals surface area contributed by atoms with E-state index in [-0.39, 0.29) is 11.3 Å². The van der Waals surface area contributed by atoms with Gasteiger partial charge in [0.2, 0.25) is 0 Å². The first kappa shape index (κ1) is 18.6. The van der Waals surface area contributed by atoms with E-state index in [0.29, 0.717) is 27.8 Å². The molecule has 1 fully saturated rings. The van der Waals surface area contributed by atoms with Crippen LogP contribution in [0.5, 0.6) is 5.75 Å². The van der Waals surface area contributed by atoms with Crippen molar-refractivity contribution in [1.82, 2.24) is 5.32 Å². The Hall–Kier alpha value is -3.19. The van der Waals surface area contributed by atoms with Crippen LogP contribution < -0.4 is 15.0 Å². The number of halogens is 2. The largest absolute Gasteiger partial charge is 0.492 e. The van der Waals surface area contributed by atoms with E-state index in [2.05, 4.69) is 0 Å². The third-order valence-corrected chi connectivity index (χ3v) is 4.06. The Kier molecular flexibility index (Phi) is 5.23. The summed E-state index contributed by atoms with van der Waals surface area (Å²) in [6.45, 7) is 2.24. The lowest BCUT2D eigenvalue weighted by atomic mass is 10.1. The number of para-hydroxylation sites is 1. The van der Waals surface area contributed by atoms with Crippen molar-refractivity contribution in [2.45, 2.75) is 6.92 Å². The molecule has 0 aromatic heterocycles. The van der Waals surface area contributed by atoms with Crippen molar-refractivity contribution in [2.24, 2.45) is 0 Å². The van der Waals surface area contributed by atoms with Gasteiger partial charge in [-0.1, -0.05) is 29.8 Å². The molecule has 1 aliphatic heterocycles. The van der Waals surface area contributed by atoms with Crippen LogP contribution >= 0.6 is 11.6 Å². The summed E-state index contributed by atoms with van der Waals surface area (Å²) in [6, 6.07) is 8.99. The van der Waals surface area contributed by atoms with Crippen molar-refractivity contribution in [3.05, 3.63) is 64.4 Å². The molecule has 6 nitrogen and oxygen atoms in total. The lowest BCUT2D eigenvalue weighted by Crippen LogP contribution is -2.54. The first-order valence-electron chi connectivity index (χ1n) is 8.00. The molecule has 1 N–H and O–H groups in total. The van der Waals surface area contributed by atoms with E-state index in [1.165, 1.54) is 30.3 Å². The van der Waals surface area contributed by atoms with Gasteiger partial charge in [0.15, 0.2) is 0 Å². The van der Waals surface area contributed by atoms with Crippen LogP contribution in [0.3, 0.4) is 0 Å². The Morgan fingerprint density at radius 1 is 1.19 bits per heavy atom. The number of hydrogen-bond acceptors (Lipinski definition) is 4. The van der Waals surface area contributed by atoms with E-state index in [1.807, 2.05) is 12.2 Å². The molecule has 1 aliphatic rings. The molecular formula is C19H14ClFN2O4. The smallest absolute Gasteiger partial charge is 0.336 e. The van der Waals surface area contributed by atoms with Gasteiger partial charge in [-0.05, 0) is 42.8 Å². The molecule has 4 amide bonds. The normalized spacial score (nSPS) is 15.9. The summed E-state index contributed by atoms with van der Waals surface area (Å²) in [5.74, 6) is -2.11. The van der Waals surface area contributed by atoms with E-state index >= 15 is 0 Å². The minimum absolute atomic E-state index is 0.247. The van der Waals surface area contributed by atoms with Crippen molar-refractivity contribution in [3.8, 4) is 5.75 Å². The Balaban J connectivity index is 2.00. The number of anilines is 1. The summed E-state index contributed by atoms with van der Waals surface area (Å²) in [4.78, 5) is 37.5. The molecule has 2 aromatic carbocycles. The predicted molar refractivity (Wildman–Crippen MR) is 98.0 cm³/mol. The van der Waals surface area contributed by atoms with Crippen LogP contribution in [-0.4, -0.2) is 24.5 Å². The zero-order valence-electron chi connectivity index (χ0n) is 14.2. The monoisotopic (exact) mass is 388 g/mol. The number of urea groups is 1. The van der Waals surface area contributed by atoms with Gasteiger partial charge >= 0.3 is 6.03 Å². The quantitative estimate of drug-likeness (QED) is 0.642. The van der Waals surface area contributed by atoms with E-state index in [1.54, 1.807) is 12.1 Å². The molecule has 0 saturated carbocycles. The van der Waals surface area contributed by atoms with Crippen LogP contribution in [0.1, 0.15) is 12.5 Å². The summed E-state index contributed by atoms with van der Waals surface area (Å²) >= 11 is 6.11. The molecule has 138 valence electrons. The number of hydrogen-bond donors (Lipinski definition) is 1. The van der Waals surface area contributed by atoms with Crippen LogP contribution in [0.4, 0.5) is 14.9 Å². The maximum Gasteiger partial charge on any atom is 0.336 e. The molecule has 0 radical (unpaired) electrons. The fraction of sp³-hybridized carbons (Fsp3) is 0.105. The number of barbiturate groups is 1. The molecule has 2 aromatic rings. The predicted octanol–water partition coefficient (Wildman–Crippen LogP) is 3.54. The highest BCUT2D eigenvalue weighted by atomic mass is 35.5. The molecule has 27 heavy (non-hydrogen) atoms. The molecule has 8 heteroatoms. The summed E-state index contributed by atoms with van der Waals surface area (Å²) in [6.07, 6.45) is 1.28. The maximum atomic E-state index is 14.0. The summed E-state index contributed by atoms with van der Waals surface area (Å²) in [7, 11) is 0. The van der Waals surface area contributed by atoms with Gasteiger partial charge in [-0.15, -0.1) is 0 Å². The molecule has 0 atom stereocenters. The fourth-order valence-electron chi connectivity index (χ4n) is 2.56. The molecule has 0 unspecified atom stereocenters. The van der Waals surface area contributed by atoms with Crippen LogP contribution in [0.15, 0.2) is 48.0 Å². The summed E-state index contributed by atoms with van der Waals surface area (Å²) in [5, 5.41) is 2.34. The van der Waals surface area contributed by atoms with Crippen molar-refractivity contribution in [3.63, 3.8) is 0 Å². The zero-order valence-corrected chi connectivity index (χ0v) is 14.9. The molecule has 3 rings (SSSR count). The van der Waals surface area contributed by atoms with Gasteiger partial charge in [-0.2, -0.15) is 0 Å². The highest BCUT2D eigenvalue weighted by Gasteiger charge is 2.37. The first-order valence-corrected chi connectivity index (χ1v) is 8.38. The van der Waals surface area contributed by atoms with Gasteiger partial charge in [0.1, 0.15) is 17.1 Å². The number of benzene rings is 2. The van der Waals surface area contributed by atoms with Crippen LogP contribution in [0, 0.1) is 5.82 Å². The Morgan fingerprint density at radius 2 is 1.93 bits per heavy atom. The third-order valence-electron chi connectivity index (χ3n) is 3.76. The molecule has 1 saturated heterocycles. The SMILES string of the molecule is CCOc1ccc(C=C2C(=O)NC(=O)N(c3ccccc3F)C2=O)cc1Cl. The van der Waals surface area contributed by atoms with Crippen molar-refractivity contribution < 1.29 is 23.5 Å². The van der Waals surface area contributed by atoms with Crippen LogP contribution in [-0.2, 0) is 9.59 Å². The van der Waals surface area contributed by atoms with Crippen molar-refractivity contribution in [1.29, 1.82) is 0 Å². The highest BCUT2D eigenvalue weighted by molar-refractivity contribution is 6.39. The van der Waals surface area contributed by atoms with Gasteiger partial charge in [0.05, 0.1) is 17.3 Å². The van der Waals surface area contributed by atoms with Crippen LogP contribution in [0.25, 0.3) is 6.08 Å². The maximum absolute atomic E-state index is 14.0. The van der Waals surface area contributed by atoms with E-state index < -0.39 is 23.7 Å². The van der Waals surface area contributed by atoms with Gasteiger partial charge in [0, 0.05) is 0 Å². The number of nitrogens with one attached hydrogen (secondary N) is 1. The lowest BCUT2D eigenvalue weighted by Gasteiger charge is -2.26. The summed E-state index contributed by atoms with van der Waals surface area (Å²) in [5.41, 5.74) is -0.119. The number of amides is 4. The van der Waals surface area contributed by atoms with E-state index in [4.69, 9.17) is 16.3 Å². The Bertz CT molecular complexity index is 974. The molecule has 0 aliphatic carbocycles. The average molecular weight is 389 g/mol. The Labute approximate surface area is 159 Å². The number of ether oxygens (including phenoxy) is 1. The minimum atomic E-state index is -1.02. The molecule has 1 heterocycles. The van der Waals surface area contributed by atoms with Crippen LogP contribution in [0.2, 0.25) is 5.02 Å². The second-order valence-electron chi connectivity index (χ2n) is 5.53. The van der Waals surface area contributed by atoms with E-state index in [9.17, 15) is 18.8 Å². The standard InChI is InChI=1S/C19H14ClFN2O4/c1-2-27-16-8-7-11(10-13(16)20)9-12-17(24)22-19(26)23(18(12)25)15-6-4-3-5-14(15)21/h3-10H,2H2,1H3,(H,22,24,26). The average Bonchev–Trinajstić information content (AvgIpc) is 2.62. The summed E-state index contributed by atoms with van der Waals surface area (Å²) < 4.78 is 19.4. The Morgan fingerprint density at radius 3 is 2.59 bits per heavy atom. The molecule has 0 spiro atoms. The van der Waals surface area contributed by atoms with Gasteiger partial charge in [-0.25, -0.2) is 14.1 Å². The molecular weight excluding hydrogens is 375 g/mol. The van der Waals surface area contributed by atoms with Gasteiger partial charge < -0.3 is 4.74 Å². The van der Waals surface area contributed by atoms with Crippen molar-refractivity contribution >= 4 is 41.2 Å². The number of nitrogens with zero attached hydrogens (tertiary/aromatic N) is 1. The first-order chi connectivity index (χ1) is 12.9. The third kappa shape index (κ3) is 3.68. The number of carbonyl (C=O) groups is 3. The number of imide groups is 2. The van der Waals surface area contributed by atoms with E-state index in [0.717, 1.165) is 6.07 Å². The number of carbonyl (C=O) groups excluding carboxylic acids is 3. The topological polar surface area (TPSA) is 75.7 Å². The molecule has 0 bridgehead atoms. The fourth-order valence-corrected chi connectivity index (χ4v) is 2.80.